The number of aliphatic carboxylic acids is 1. The van der Waals surface area contributed by atoms with E-state index >= 15 is 8.78 Å². The number of benzene rings is 4. The van der Waals surface area contributed by atoms with Crippen molar-refractivity contribution in [3.63, 3.8) is 0 Å². The SMILES string of the molecule is CCOC(=O)C[C@H](CC(=O)C(CC(C)C)n1cc(CCN(C)C)cc(C)c1=O)c1cc(-c2c(C)cccc2C)cc(C)c1F.Cc1cc(-c2c(C)cccc2C)cc([C@H](CC(=O)O)CC(=O)C(CC(C)C)n2cc(CCN(C)C)cc(C)c2=O)c1F.O.S.[Li+].[OH-]. The smallest absolute Gasteiger partial charge is 0.870 e. The molecule has 6 aromatic rings. The number of carbonyl (C=O) groups is 4. The van der Waals surface area contributed by atoms with Crippen LogP contribution in [-0.2, 0) is 36.8 Å². The molecule has 18 heteroatoms. The third kappa shape index (κ3) is 22.2. The van der Waals surface area contributed by atoms with E-state index in [-0.39, 0.29) is 109 Å². The fourth-order valence-electron chi connectivity index (χ4n) is 11.8. The first-order chi connectivity index (χ1) is 40.4. The maximum absolute atomic E-state index is 16.0. The van der Waals surface area contributed by atoms with E-state index in [1.807, 2.05) is 138 Å². The first-order valence-corrected chi connectivity index (χ1v) is 30.3. The van der Waals surface area contributed by atoms with Crippen LogP contribution in [-0.4, -0.2) is 106 Å². The number of halogens is 2. The predicted molar refractivity (Wildman–Crippen MR) is 359 cm³/mol. The molecule has 90 heavy (non-hydrogen) atoms. The van der Waals surface area contributed by atoms with E-state index in [9.17, 15) is 33.9 Å². The molecule has 6 rings (SSSR count). The zero-order chi connectivity index (χ0) is 64.0. The molecule has 0 aliphatic rings. The molecule has 0 saturated carbocycles. The minimum Gasteiger partial charge on any atom is -0.870 e. The van der Waals surface area contributed by atoms with Crippen molar-refractivity contribution in [2.45, 2.75) is 165 Å². The number of esters is 1. The topological polar surface area (TPSA) is 210 Å². The molecular formula is C72H99F2LiN4O10S. The molecule has 2 heterocycles. The van der Waals surface area contributed by atoms with Crippen molar-refractivity contribution >= 4 is 37.0 Å². The maximum Gasteiger partial charge on any atom is 1.00 e. The number of aromatic nitrogens is 2. The summed E-state index contributed by atoms with van der Waals surface area (Å²) in [5, 5.41) is 9.82. The quantitative estimate of drug-likeness (QED) is 0.0379. The number of Topliss-reactive ketones (excluding diaryl/α,β-unsaturated/α-hetero) is 2. The number of hydrogen-bond donors (Lipinski definition) is 1. The van der Waals surface area contributed by atoms with Crippen molar-refractivity contribution in [3.05, 3.63) is 184 Å². The molecule has 4 N–H and O–H groups in total. The number of carboxylic acids is 1. The van der Waals surface area contributed by atoms with Crippen LogP contribution < -0.4 is 30.0 Å². The van der Waals surface area contributed by atoms with Gasteiger partial charge >= 0.3 is 30.8 Å². The van der Waals surface area contributed by atoms with Crippen LogP contribution in [0, 0.1) is 78.9 Å². The number of pyridine rings is 2. The van der Waals surface area contributed by atoms with E-state index in [1.165, 1.54) is 4.57 Å². The van der Waals surface area contributed by atoms with E-state index in [0.29, 0.717) is 47.1 Å². The summed E-state index contributed by atoms with van der Waals surface area (Å²) >= 11 is 0. The van der Waals surface area contributed by atoms with Gasteiger partial charge in [-0.25, -0.2) is 8.78 Å². The van der Waals surface area contributed by atoms with Gasteiger partial charge in [0, 0.05) is 61.3 Å². The Bertz CT molecular complexity index is 3480. The molecule has 0 fully saturated rings. The number of rotatable bonds is 27. The van der Waals surface area contributed by atoms with Gasteiger partial charge in [0.25, 0.3) is 11.1 Å². The largest absolute Gasteiger partial charge is 1.00 e. The van der Waals surface area contributed by atoms with Gasteiger partial charge < -0.3 is 39.7 Å². The molecule has 0 bridgehead atoms. The van der Waals surface area contributed by atoms with E-state index in [2.05, 4.69) is 9.80 Å². The van der Waals surface area contributed by atoms with Crippen LogP contribution in [0.4, 0.5) is 8.78 Å². The van der Waals surface area contributed by atoms with Crippen molar-refractivity contribution < 1.29 is 67.6 Å². The summed E-state index contributed by atoms with van der Waals surface area (Å²) in [5.74, 6) is -4.42. The van der Waals surface area contributed by atoms with Crippen LogP contribution in [0.3, 0.4) is 0 Å². The first kappa shape index (κ1) is 81.7. The predicted octanol–water partition coefficient (Wildman–Crippen LogP) is 10.2. The van der Waals surface area contributed by atoms with Crippen molar-refractivity contribution in [2.75, 3.05) is 47.9 Å². The second kappa shape index (κ2) is 37.3. The standard InChI is InChI=1S/C37H49FN2O4.C35H45FN2O4.Li.2H2O.H2S/c1-10-44-34(42)21-29(31-19-30(18-26(6)36(31)38)35-24(4)12-11-13-25(35)5)20-33(41)32(16-23(2)3)40-22-28(14-15-39(8)9)17-27(7)37(40)43;1-21(2)14-30(38-20-26(12-13-37(7)8)15-25(6)35(38)42)31(39)18-27(19-32(40)41)29-17-28(16-24(5)34(29)36)33-22(3)10-9-11-23(33)4;;;;/h11-13,17-19,22-23,29,32H,10,14-16,20-21H2,1-9H3;9-11,15-17,20-21,27,30H,12-14,18-19H2,1-8H3,(H,40,41);;3*1H2/q;;+1;;;/p-1/t29-,32?;27-,30?;;;;/m00..../s1. The second-order valence-corrected chi connectivity index (χ2v) is 25.2. The number of hydrogen-bond acceptors (Lipinski definition) is 10. The second-order valence-electron chi connectivity index (χ2n) is 25.2. The van der Waals surface area contributed by atoms with Gasteiger partial charge in [-0.1, -0.05) is 64.1 Å². The van der Waals surface area contributed by atoms with Gasteiger partial charge in [0.1, 0.15) is 11.6 Å². The molecule has 0 aliphatic carbocycles. The van der Waals surface area contributed by atoms with E-state index < -0.39 is 53.9 Å². The number of ether oxygens (including phenoxy) is 1. The van der Waals surface area contributed by atoms with E-state index in [1.54, 1.807) is 69.8 Å². The average molecular weight is 1260 g/mol. The Morgan fingerprint density at radius 3 is 1.20 bits per heavy atom. The Hall–Kier alpha value is -6.29. The average Bonchev–Trinajstić information content (AvgIpc) is 0.823. The van der Waals surface area contributed by atoms with Gasteiger partial charge in [0.2, 0.25) is 0 Å². The summed E-state index contributed by atoms with van der Waals surface area (Å²) in [7, 11) is 7.95. The molecule has 4 aromatic carbocycles. The molecule has 488 valence electrons. The Morgan fingerprint density at radius 2 is 0.889 bits per heavy atom. The molecule has 0 spiro atoms. The number of ketones is 2. The summed E-state index contributed by atoms with van der Waals surface area (Å²) in [6, 6.07) is 21.3. The number of carbonyl (C=O) groups excluding carboxylic acids is 3. The molecular weight excluding hydrogens is 1160 g/mol. The monoisotopic (exact) mass is 1260 g/mol. The van der Waals surface area contributed by atoms with Gasteiger partial charge in [-0.05, 0) is 242 Å². The van der Waals surface area contributed by atoms with Crippen LogP contribution in [0.2, 0.25) is 0 Å². The molecule has 14 nitrogen and oxygen atoms in total. The Morgan fingerprint density at radius 1 is 0.544 bits per heavy atom. The summed E-state index contributed by atoms with van der Waals surface area (Å²) in [6.45, 7) is 26.4. The van der Waals surface area contributed by atoms with Gasteiger partial charge in [0.15, 0.2) is 11.6 Å². The number of likely N-dealkylation sites (N-methyl/N-ethyl adjacent to an activating group) is 2. The van der Waals surface area contributed by atoms with Crippen molar-refractivity contribution in [1.29, 1.82) is 0 Å². The number of nitrogens with zero attached hydrogens (tertiary/aromatic N) is 4. The molecule has 0 saturated heterocycles. The van der Waals surface area contributed by atoms with Crippen LogP contribution in [0.1, 0.15) is 164 Å². The minimum absolute atomic E-state index is 0. The first-order valence-electron chi connectivity index (χ1n) is 30.3. The van der Waals surface area contributed by atoms with Crippen LogP contribution in [0.5, 0.6) is 0 Å². The molecule has 0 aliphatic heterocycles. The molecule has 4 atom stereocenters. The van der Waals surface area contributed by atoms with Crippen molar-refractivity contribution in [3.8, 4) is 22.3 Å². The van der Waals surface area contributed by atoms with Gasteiger partial charge in [-0.3, -0.25) is 28.8 Å². The Labute approximate surface area is 552 Å². The third-order valence-electron chi connectivity index (χ3n) is 16.1. The van der Waals surface area contributed by atoms with Crippen LogP contribution in [0.25, 0.3) is 22.3 Å². The molecule has 0 amide bonds. The fourth-order valence-corrected chi connectivity index (χ4v) is 11.8. The van der Waals surface area contributed by atoms with Crippen LogP contribution >= 0.6 is 13.5 Å². The zero-order valence-electron chi connectivity index (χ0n) is 56.6. The third-order valence-corrected chi connectivity index (χ3v) is 16.1. The van der Waals surface area contributed by atoms with Gasteiger partial charge in [-0.2, -0.15) is 13.5 Å². The summed E-state index contributed by atoms with van der Waals surface area (Å²) in [6.07, 6.45) is 5.05. The van der Waals surface area contributed by atoms with Gasteiger partial charge in [0.05, 0.1) is 31.5 Å². The zero-order valence-corrected chi connectivity index (χ0v) is 57.6. The maximum atomic E-state index is 16.0. The molecule has 2 aromatic heterocycles. The van der Waals surface area contributed by atoms with Gasteiger partial charge in [-0.15, -0.1) is 0 Å². The number of carboxylic acid groups (broad SMARTS) is 1. The van der Waals surface area contributed by atoms with Crippen molar-refractivity contribution in [2.24, 2.45) is 11.8 Å². The molecule has 0 radical (unpaired) electrons. The normalized spacial score (nSPS) is 12.4. The molecule has 2 unspecified atom stereocenters. The number of aryl methyl sites for hydroxylation is 8. The van der Waals surface area contributed by atoms with E-state index in [0.717, 1.165) is 75.1 Å². The minimum atomic E-state index is -1.11. The summed E-state index contributed by atoms with van der Waals surface area (Å²) < 4.78 is 40.1. The van der Waals surface area contributed by atoms with Crippen LogP contribution in [0.15, 0.2) is 94.8 Å². The Kier molecular flexibility index (Phi) is 33.8. The summed E-state index contributed by atoms with van der Waals surface area (Å²) in [5.41, 5.74) is 11.8. The Balaban J connectivity index is 0.000000862. The van der Waals surface area contributed by atoms with Crippen molar-refractivity contribution in [1.82, 2.24) is 18.9 Å². The fraction of sp³-hybridized carbons (Fsp3) is 0.472. The van der Waals surface area contributed by atoms with E-state index in [4.69, 9.17) is 4.74 Å². The summed E-state index contributed by atoms with van der Waals surface area (Å²) in [4.78, 5) is 84.1.